The Bertz CT molecular complexity index is 652. The molecule has 0 aliphatic heterocycles. The van der Waals surface area contributed by atoms with Crippen LogP contribution in [0.4, 0.5) is 5.13 Å². The van der Waals surface area contributed by atoms with Gasteiger partial charge in [0.15, 0.2) is 5.13 Å². The molecule has 0 spiro atoms. The quantitative estimate of drug-likeness (QED) is 0.892. The molecule has 0 unspecified atom stereocenters. The Morgan fingerprint density at radius 2 is 2.05 bits per heavy atom. The summed E-state index contributed by atoms with van der Waals surface area (Å²) >= 11 is 7.65. The van der Waals surface area contributed by atoms with E-state index in [4.69, 9.17) is 17.3 Å². The van der Waals surface area contributed by atoms with Gasteiger partial charge in [-0.1, -0.05) is 29.8 Å². The van der Waals surface area contributed by atoms with Gasteiger partial charge < -0.3 is 5.73 Å². The minimum Gasteiger partial charge on any atom is -0.375 e. The zero-order chi connectivity index (χ0) is 15.6. The number of nitrogens with two attached hydrogens (primary N) is 1. The fourth-order valence-electron chi connectivity index (χ4n) is 1.70. The van der Waals surface area contributed by atoms with Crippen LogP contribution in [-0.2, 0) is 11.0 Å². The monoisotopic (exact) mass is 343 g/mol. The van der Waals surface area contributed by atoms with Gasteiger partial charge in [0.25, 0.3) is 0 Å². The third kappa shape index (κ3) is 4.03. The van der Waals surface area contributed by atoms with Crippen LogP contribution in [0.5, 0.6) is 0 Å². The highest BCUT2D eigenvalue weighted by atomic mass is 35.5. The summed E-state index contributed by atoms with van der Waals surface area (Å²) in [5.74, 6) is 0. The topological polar surface area (TPSA) is 68.0 Å². The molecule has 2 atom stereocenters. The lowest BCUT2D eigenvalue weighted by Crippen LogP contribution is -2.36. The molecule has 114 valence electrons. The van der Waals surface area contributed by atoms with Crippen LogP contribution in [0.15, 0.2) is 30.5 Å². The molecule has 21 heavy (non-hydrogen) atoms. The third-order valence-electron chi connectivity index (χ3n) is 2.82. The van der Waals surface area contributed by atoms with E-state index in [2.05, 4.69) is 9.71 Å². The molecule has 0 aliphatic carbocycles. The molecule has 0 saturated heterocycles. The molecule has 1 heterocycles. The molecule has 0 bridgehead atoms. The lowest BCUT2D eigenvalue weighted by Gasteiger charge is -2.24. The number of hydrogen-bond acceptors (Lipinski definition) is 4. The van der Waals surface area contributed by atoms with E-state index < -0.39 is 11.0 Å². The van der Waals surface area contributed by atoms with E-state index in [1.54, 1.807) is 6.20 Å². The summed E-state index contributed by atoms with van der Waals surface area (Å²) in [7, 11) is -1.24. The second-order valence-electron chi connectivity index (χ2n) is 5.55. The number of halogens is 1. The van der Waals surface area contributed by atoms with Gasteiger partial charge in [-0.2, -0.15) is 0 Å². The standard InChI is InChI=1S/C14H18ClN3OS2/c1-14(2,3)21(19)18-12(11-8-17-13(16)20-11)9-6-4-5-7-10(9)15/h4-8,12,18H,1-3H3,(H2,16,17)/t12-,21-/m1/s1. The van der Waals surface area contributed by atoms with Crippen LogP contribution < -0.4 is 10.5 Å². The Balaban J connectivity index is 2.41. The normalized spacial score (nSPS) is 14.9. The van der Waals surface area contributed by atoms with Gasteiger partial charge in [0, 0.05) is 16.1 Å². The fraction of sp³-hybridized carbons (Fsp3) is 0.357. The maximum Gasteiger partial charge on any atom is 0.180 e. The molecule has 0 aliphatic rings. The van der Waals surface area contributed by atoms with Gasteiger partial charge in [0.2, 0.25) is 0 Å². The van der Waals surface area contributed by atoms with Crippen LogP contribution in [0, 0.1) is 0 Å². The predicted octanol–water partition coefficient (Wildman–Crippen LogP) is 3.52. The van der Waals surface area contributed by atoms with Gasteiger partial charge in [0.1, 0.15) is 0 Å². The van der Waals surface area contributed by atoms with Crippen molar-refractivity contribution in [3.63, 3.8) is 0 Å². The first-order valence-corrected chi connectivity index (χ1v) is 8.77. The second-order valence-corrected chi connectivity index (χ2v) is 9.05. The number of aromatic nitrogens is 1. The van der Waals surface area contributed by atoms with E-state index in [1.807, 2.05) is 45.0 Å². The van der Waals surface area contributed by atoms with E-state index >= 15 is 0 Å². The third-order valence-corrected chi connectivity index (χ3v) is 5.62. The molecule has 7 heteroatoms. The lowest BCUT2D eigenvalue weighted by atomic mass is 10.1. The van der Waals surface area contributed by atoms with Crippen LogP contribution in [0.2, 0.25) is 5.02 Å². The van der Waals surface area contributed by atoms with Gasteiger partial charge in [-0.25, -0.2) is 13.9 Å². The van der Waals surface area contributed by atoms with Crippen molar-refractivity contribution < 1.29 is 4.21 Å². The number of nitrogen functional groups attached to an aromatic ring is 1. The fourth-order valence-corrected chi connectivity index (χ4v) is 3.60. The first-order valence-electron chi connectivity index (χ1n) is 6.42. The van der Waals surface area contributed by atoms with Crippen molar-refractivity contribution in [2.75, 3.05) is 5.73 Å². The van der Waals surface area contributed by atoms with Gasteiger partial charge >= 0.3 is 0 Å². The molecule has 4 nitrogen and oxygen atoms in total. The van der Waals surface area contributed by atoms with Crippen LogP contribution >= 0.6 is 22.9 Å². The number of hydrogen-bond donors (Lipinski definition) is 2. The average molecular weight is 344 g/mol. The summed E-state index contributed by atoms with van der Waals surface area (Å²) in [5, 5.41) is 1.10. The van der Waals surface area contributed by atoms with Gasteiger partial charge in [-0.05, 0) is 32.4 Å². The molecule has 0 amide bonds. The van der Waals surface area contributed by atoms with E-state index in [9.17, 15) is 4.21 Å². The number of nitrogens with one attached hydrogen (secondary N) is 1. The van der Waals surface area contributed by atoms with Gasteiger partial charge in [0.05, 0.1) is 21.8 Å². The Labute approximate surface area is 136 Å². The molecule has 0 radical (unpaired) electrons. The highest BCUT2D eigenvalue weighted by molar-refractivity contribution is 7.84. The lowest BCUT2D eigenvalue weighted by molar-refractivity contribution is 0.625. The van der Waals surface area contributed by atoms with Crippen molar-refractivity contribution in [1.29, 1.82) is 0 Å². The number of anilines is 1. The SMILES string of the molecule is CC(C)(C)[S@@](=O)N[C@@H](c1cnc(N)s1)c1ccccc1Cl. The Morgan fingerprint density at radius 1 is 1.38 bits per heavy atom. The average Bonchev–Trinajstić information content (AvgIpc) is 2.82. The first-order chi connectivity index (χ1) is 9.79. The molecule has 3 N–H and O–H groups in total. The van der Waals surface area contributed by atoms with Gasteiger partial charge in [-0.3, -0.25) is 0 Å². The highest BCUT2D eigenvalue weighted by Gasteiger charge is 2.26. The summed E-state index contributed by atoms with van der Waals surface area (Å²) in [6.45, 7) is 5.75. The van der Waals surface area contributed by atoms with Crippen molar-refractivity contribution in [2.24, 2.45) is 0 Å². The van der Waals surface area contributed by atoms with E-state index in [1.165, 1.54) is 11.3 Å². The number of benzene rings is 1. The van der Waals surface area contributed by atoms with E-state index in [0.717, 1.165) is 10.4 Å². The van der Waals surface area contributed by atoms with Crippen molar-refractivity contribution in [3.05, 3.63) is 45.9 Å². The Hall–Kier alpha value is -0.950. The summed E-state index contributed by atoms with van der Waals surface area (Å²) in [4.78, 5) is 4.96. The Kier molecular flexibility index (Phi) is 5.03. The molecular formula is C14H18ClN3OS2. The Morgan fingerprint density at radius 3 is 2.57 bits per heavy atom. The van der Waals surface area contributed by atoms with Crippen molar-refractivity contribution >= 4 is 39.1 Å². The summed E-state index contributed by atoms with van der Waals surface area (Å²) in [6.07, 6.45) is 1.70. The molecule has 2 rings (SSSR count). The summed E-state index contributed by atoms with van der Waals surface area (Å²) < 4.78 is 15.2. The van der Waals surface area contributed by atoms with Crippen LogP contribution in [0.3, 0.4) is 0 Å². The predicted molar refractivity (Wildman–Crippen MR) is 90.9 cm³/mol. The molecule has 1 aromatic carbocycles. The van der Waals surface area contributed by atoms with Crippen molar-refractivity contribution in [1.82, 2.24) is 9.71 Å². The van der Waals surface area contributed by atoms with Crippen LogP contribution in [-0.4, -0.2) is 13.9 Å². The number of rotatable bonds is 4. The number of nitrogens with zero attached hydrogens (tertiary/aromatic N) is 1. The minimum atomic E-state index is -1.24. The smallest absolute Gasteiger partial charge is 0.180 e. The first kappa shape index (κ1) is 16.4. The second kappa shape index (κ2) is 6.44. The van der Waals surface area contributed by atoms with Crippen molar-refractivity contribution in [3.8, 4) is 0 Å². The maximum absolute atomic E-state index is 12.4. The molecule has 1 aromatic heterocycles. The zero-order valence-corrected chi connectivity index (χ0v) is 14.5. The molecule has 0 fully saturated rings. The van der Waals surface area contributed by atoms with Gasteiger partial charge in [-0.15, -0.1) is 11.3 Å². The minimum absolute atomic E-state index is 0.298. The molecule has 0 saturated carbocycles. The van der Waals surface area contributed by atoms with Crippen molar-refractivity contribution in [2.45, 2.75) is 31.6 Å². The summed E-state index contributed by atoms with van der Waals surface area (Å²) in [5.41, 5.74) is 6.58. The summed E-state index contributed by atoms with van der Waals surface area (Å²) in [6, 6.07) is 7.20. The maximum atomic E-state index is 12.4. The molecule has 2 aromatic rings. The van der Waals surface area contributed by atoms with E-state index in [0.29, 0.717) is 10.2 Å². The van der Waals surface area contributed by atoms with E-state index in [-0.39, 0.29) is 10.8 Å². The van der Waals surface area contributed by atoms with Crippen LogP contribution in [0.1, 0.15) is 37.3 Å². The largest absolute Gasteiger partial charge is 0.375 e. The van der Waals surface area contributed by atoms with Crippen LogP contribution in [0.25, 0.3) is 0 Å². The molecular weight excluding hydrogens is 326 g/mol. The zero-order valence-electron chi connectivity index (χ0n) is 12.1. The highest BCUT2D eigenvalue weighted by Crippen LogP contribution is 2.33. The number of thiazole rings is 1.